The molecular formula is C16H20N2O5. The van der Waals surface area contributed by atoms with Crippen LogP contribution in [0.2, 0.25) is 0 Å². The highest BCUT2D eigenvalue weighted by Gasteiger charge is 2.51. The molecule has 7 heteroatoms. The van der Waals surface area contributed by atoms with Gasteiger partial charge in [0.15, 0.2) is 0 Å². The number of H-pyrrole nitrogens is 1. The van der Waals surface area contributed by atoms with E-state index in [0.717, 1.165) is 10.9 Å². The first kappa shape index (κ1) is 16.8. The van der Waals surface area contributed by atoms with Crippen molar-refractivity contribution in [2.24, 2.45) is 0 Å². The fraction of sp³-hybridized carbons (Fsp3) is 0.438. The number of nitrogens with one attached hydrogen (secondary N) is 1. The molecule has 0 aliphatic rings. The summed E-state index contributed by atoms with van der Waals surface area (Å²) in [4.78, 5) is 26.4. The Morgan fingerprint density at radius 2 is 2.13 bits per heavy atom. The minimum Gasteiger partial charge on any atom is -0.497 e. The summed E-state index contributed by atoms with van der Waals surface area (Å²) in [6.45, 7) is 3.36. The number of carbonyl (C=O) groups is 1. The first-order valence-corrected chi connectivity index (χ1v) is 7.44. The monoisotopic (exact) mass is 320 g/mol. The Morgan fingerprint density at radius 1 is 1.39 bits per heavy atom. The zero-order valence-corrected chi connectivity index (χ0v) is 13.4. The second-order valence-electron chi connectivity index (χ2n) is 5.26. The predicted molar refractivity (Wildman–Crippen MR) is 85.2 cm³/mol. The van der Waals surface area contributed by atoms with Crippen LogP contribution in [-0.2, 0) is 16.0 Å². The van der Waals surface area contributed by atoms with Crippen molar-refractivity contribution in [1.82, 2.24) is 4.98 Å². The van der Waals surface area contributed by atoms with Crippen molar-refractivity contribution >= 4 is 16.9 Å². The molecule has 1 N–H and O–H groups in total. The van der Waals surface area contributed by atoms with E-state index >= 15 is 0 Å². The number of aromatic amines is 1. The molecular weight excluding hydrogens is 300 g/mol. The molecule has 1 heterocycles. The number of ether oxygens (including phenoxy) is 2. The number of carbonyl (C=O) groups excluding carboxylic acids is 1. The molecule has 0 fully saturated rings. The number of benzene rings is 1. The minimum absolute atomic E-state index is 0.0392. The van der Waals surface area contributed by atoms with Gasteiger partial charge in [0.1, 0.15) is 5.75 Å². The molecule has 1 aromatic heterocycles. The van der Waals surface area contributed by atoms with Crippen LogP contribution in [0.3, 0.4) is 0 Å². The van der Waals surface area contributed by atoms with Crippen molar-refractivity contribution in [3.8, 4) is 5.75 Å². The molecule has 1 unspecified atom stereocenters. The number of hydrogen-bond donors (Lipinski definition) is 1. The van der Waals surface area contributed by atoms with Gasteiger partial charge in [-0.3, -0.25) is 10.1 Å². The maximum Gasteiger partial charge on any atom is 0.385 e. The second-order valence-corrected chi connectivity index (χ2v) is 5.26. The Kier molecular flexibility index (Phi) is 4.88. The molecule has 1 aromatic carbocycles. The van der Waals surface area contributed by atoms with Crippen LogP contribution in [0, 0.1) is 10.1 Å². The molecule has 23 heavy (non-hydrogen) atoms. The van der Waals surface area contributed by atoms with Crippen LogP contribution in [0.4, 0.5) is 0 Å². The summed E-state index contributed by atoms with van der Waals surface area (Å²) in [6.07, 6.45) is 1.70. The quantitative estimate of drug-likeness (QED) is 0.481. The second kappa shape index (κ2) is 6.68. The standard InChI is InChI=1S/C16H20N2O5/c1-4-16(18(20)21,15(19)23-5-2)9-11-10-17-14-7-6-12(22-3)8-13(11)14/h6-8,10,17H,4-5,9H2,1-3H3. The van der Waals surface area contributed by atoms with Crippen molar-refractivity contribution in [1.29, 1.82) is 0 Å². The van der Waals surface area contributed by atoms with E-state index in [2.05, 4.69) is 4.98 Å². The van der Waals surface area contributed by atoms with Crippen molar-refractivity contribution in [2.75, 3.05) is 13.7 Å². The highest BCUT2D eigenvalue weighted by Crippen LogP contribution is 2.29. The van der Waals surface area contributed by atoms with E-state index < -0.39 is 16.4 Å². The van der Waals surface area contributed by atoms with Crippen LogP contribution in [0.1, 0.15) is 25.8 Å². The number of methoxy groups -OCH3 is 1. The van der Waals surface area contributed by atoms with Gasteiger partial charge in [0, 0.05) is 28.4 Å². The van der Waals surface area contributed by atoms with Crippen LogP contribution in [0.5, 0.6) is 5.75 Å². The Hall–Kier alpha value is -2.57. The number of nitrogens with zero attached hydrogens (tertiary/aromatic N) is 1. The summed E-state index contributed by atoms with van der Waals surface area (Å²) in [5, 5.41) is 12.4. The van der Waals surface area contributed by atoms with Crippen molar-refractivity contribution < 1.29 is 19.2 Å². The van der Waals surface area contributed by atoms with Crippen LogP contribution in [0.15, 0.2) is 24.4 Å². The Morgan fingerprint density at radius 3 is 2.70 bits per heavy atom. The van der Waals surface area contributed by atoms with Gasteiger partial charge in [0.2, 0.25) is 0 Å². The third kappa shape index (κ3) is 2.99. The van der Waals surface area contributed by atoms with Crippen LogP contribution in [0.25, 0.3) is 10.9 Å². The fourth-order valence-corrected chi connectivity index (χ4v) is 2.62. The molecule has 0 saturated heterocycles. The van der Waals surface area contributed by atoms with Gasteiger partial charge in [-0.15, -0.1) is 0 Å². The maximum absolute atomic E-state index is 12.2. The van der Waals surface area contributed by atoms with E-state index in [0.29, 0.717) is 11.3 Å². The van der Waals surface area contributed by atoms with Gasteiger partial charge in [-0.25, -0.2) is 4.79 Å². The normalized spacial score (nSPS) is 13.5. The van der Waals surface area contributed by atoms with Crippen LogP contribution >= 0.6 is 0 Å². The van der Waals surface area contributed by atoms with E-state index in [1.165, 1.54) is 0 Å². The number of esters is 1. The van der Waals surface area contributed by atoms with Crippen molar-refractivity contribution in [2.45, 2.75) is 32.2 Å². The smallest absolute Gasteiger partial charge is 0.385 e. The summed E-state index contributed by atoms with van der Waals surface area (Å²) in [5.74, 6) is -0.151. The molecule has 0 radical (unpaired) electrons. The summed E-state index contributed by atoms with van der Waals surface area (Å²) in [6, 6.07) is 5.43. The average molecular weight is 320 g/mol. The number of hydrogen-bond acceptors (Lipinski definition) is 5. The molecule has 1 atom stereocenters. The van der Waals surface area contributed by atoms with Gasteiger partial charge in [0.05, 0.1) is 20.1 Å². The summed E-state index contributed by atoms with van der Waals surface area (Å²) in [5.41, 5.74) is -0.266. The number of nitro groups is 1. The Labute approximate surface area is 133 Å². The lowest BCUT2D eigenvalue weighted by Gasteiger charge is -2.21. The Balaban J connectivity index is 2.47. The third-order valence-electron chi connectivity index (χ3n) is 4.05. The molecule has 2 aromatic rings. The number of rotatable bonds is 7. The molecule has 7 nitrogen and oxygen atoms in total. The number of aromatic nitrogens is 1. The van der Waals surface area contributed by atoms with Crippen LogP contribution in [-0.4, -0.2) is 35.1 Å². The topological polar surface area (TPSA) is 94.5 Å². The lowest BCUT2D eigenvalue weighted by atomic mass is 9.88. The highest BCUT2D eigenvalue weighted by molar-refractivity contribution is 5.86. The Bertz CT molecular complexity index is 724. The number of fused-ring (bicyclic) bond motifs is 1. The maximum atomic E-state index is 12.2. The van der Waals surface area contributed by atoms with Gasteiger partial charge in [-0.2, -0.15) is 0 Å². The summed E-state index contributed by atoms with van der Waals surface area (Å²) >= 11 is 0. The molecule has 0 spiro atoms. The molecule has 124 valence electrons. The lowest BCUT2D eigenvalue weighted by molar-refractivity contribution is -0.555. The van der Waals surface area contributed by atoms with Gasteiger partial charge in [0.25, 0.3) is 0 Å². The van der Waals surface area contributed by atoms with Gasteiger partial charge < -0.3 is 14.5 Å². The van der Waals surface area contributed by atoms with Gasteiger partial charge >= 0.3 is 11.5 Å². The van der Waals surface area contributed by atoms with E-state index in [1.54, 1.807) is 39.3 Å². The lowest BCUT2D eigenvalue weighted by Crippen LogP contribution is -2.49. The van der Waals surface area contributed by atoms with Gasteiger partial charge in [-0.05, 0) is 30.7 Å². The first-order chi connectivity index (χ1) is 11.0. The summed E-state index contributed by atoms with van der Waals surface area (Å²) < 4.78 is 10.1. The molecule has 0 bridgehead atoms. The third-order valence-corrected chi connectivity index (χ3v) is 4.05. The zero-order valence-electron chi connectivity index (χ0n) is 13.4. The SMILES string of the molecule is CCOC(=O)C(CC)(Cc1c[nH]c2ccc(OC)cc12)[N+](=O)[O-]. The molecule has 0 aliphatic heterocycles. The van der Waals surface area contributed by atoms with Crippen molar-refractivity contribution in [3.63, 3.8) is 0 Å². The average Bonchev–Trinajstić information content (AvgIpc) is 2.94. The highest BCUT2D eigenvalue weighted by atomic mass is 16.6. The largest absolute Gasteiger partial charge is 0.497 e. The van der Waals surface area contributed by atoms with Gasteiger partial charge in [-0.1, -0.05) is 6.92 Å². The van der Waals surface area contributed by atoms with E-state index in [-0.39, 0.29) is 19.4 Å². The predicted octanol–water partition coefficient (Wildman–Crippen LogP) is 2.71. The molecule has 2 rings (SSSR count). The zero-order chi connectivity index (χ0) is 17.0. The van der Waals surface area contributed by atoms with E-state index in [9.17, 15) is 14.9 Å². The molecule has 0 saturated carbocycles. The first-order valence-electron chi connectivity index (χ1n) is 7.44. The fourth-order valence-electron chi connectivity index (χ4n) is 2.62. The molecule has 0 amide bonds. The van der Waals surface area contributed by atoms with Crippen molar-refractivity contribution in [3.05, 3.63) is 40.1 Å². The minimum atomic E-state index is -1.78. The molecule has 0 aliphatic carbocycles. The van der Waals surface area contributed by atoms with E-state index in [1.807, 2.05) is 6.07 Å². The summed E-state index contributed by atoms with van der Waals surface area (Å²) in [7, 11) is 1.56. The van der Waals surface area contributed by atoms with E-state index in [4.69, 9.17) is 9.47 Å². The van der Waals surface area contributed by atoms with Crippen LogP contribution < -0.4 is 4.74 Å².